The van der Waals surface area contributed by atoms with Crippen LogP contribution < -0.4 is 0 Å². The third kappa shape index (κ3) is 4.52. The lowest BCUT2D eigenvalue weighted by Crippen LogP contribution is -2.26. The van der Waals surface area contributed by atoms with Gasteiger partial charge in [-0.1, -0.05) is 18.2 Å². The van der Waals surface area contributed by atoms with Gasteiger partial charge in [0, 0.05) is 0 Å². The van der Waals surface area contributed by atoms with E-state index in [9.17, 15) is 9.59 Å². The molecule has 1 aromatic rings. The Bertz CT molecular complexity index is 389. The molecule has 0 aliphatic rings. The number of aliphatic hydroxyl groups excluding tert-OH is 2. The van der Waals surface area contributed by atoms with Crippen LogP contribution in [0, 0.1) is 0 Å². The molecule has 1 atom stereocenters. The van der Waals surface area contributed by atoms with E-state index >= 15 is 0 Å². The van der Waals surface area contributed by atoms with E-state index in [4.69, 9.17) is 14.9 Å². The van der Waals surface area contributed by atoms with Gasteiger partial charge >= 0.3 is 11.9 Å². The van der Waals surface area contributed by atoms with Gasteiger partial charge in [0.25, 0.3) is 0 Å². The SMILES string of the molecule is O=C(CC(CO)OC(=O)c1ccccc1)OCO. The van der Waals surface area contributed by atoms with Gasteiger partial charge in [-0.3, -0.25) is 4.79 Å². The summed E-state index contributed by atoms with van der Waals surface area (Å²) in [5.74, 6) is -1.39. The lowest BCUT2D eigenvalue weighted by atomic mass is 10.2. The number of ether oxygens (including phenoxy) is 2. The second-order valence-electron chi connectivity index (χ2n) is 3.43. The summed E-state index contributed by atoms with van der Waals surface area (Å²) in [5, 5.41) is 17.4. The van der Waals surface area contributed by atoms with Crippen LogP contribution in [0.5, 0.6) is 0 Å². The van der Waals surface area contributed by atoms with Crippen LogP contribution in [0.15, 0.2) is 30.3 Å². The molecule has 1 rings (SSSR count). The van der Waals surface area contributed by atoms with Crippen molar-refractivity contribution in [2.45, 2.75) is 12.5 Å². The van der Waals surface area contributed by atoms with Crippen LogP contribution in [0.3, 0.4) is 0 Å². The van der Waals surface area contributed by atoms with Gasteiger partial charge in [0.1, 0.15) is 6.10 Å². The summed E-state index contributed by atoms with van der Waals surface area (Å²) >= 11 is 0. The summed E-state index contributed by atoms with van der Waals surface area (Å²) in [6.45, 7) is -1.25. The minimum Gasteiger partial charge on any atom is -0.456 e. The fourth-order valence-electron chi connectivity index (χ4n) is 1.25. The molecule has 0 spiro atoms. The van der Waals surface area contributed by atoms with Crippen molar-refractivity contribution < 1.29 is 29.3 Å². The molecular formula is C12H14O6. The molecule has 2 N–H and O–H groups in total. The van der Waals surface area contributed by atoms with Crippen molar-refractivity contribution in [1.29, 1.82) is 0 Å². The molecule has 0 fully saturated rings. The Morgan fingerprint density at radius 3 is 2.39 bits per heavy atom. The molecule has 1 aromatic carbocycles. The van der Waals surface area contributed by atoms with Gasteiger partial charge in [-0.15, -0.1) is 0 Å². The normalized spacial score (nSPS) is 11.7. The predicted octanol–water partition coefficient (Wildman–Crippen LogP) is 0.0874. The smallest absolute Gasteiger partial charge is 0.338 e. The van der Waals surface area contributed by atoms with Gasteiger partial charge in [-0.2, -0.15) is 0 Å². The molecule has 0 heterocycles. The predicted molar refractivity (Wildman–Crippen MR) is 60.5 cm³/mol. The summed E-state index contributed by atoms with van der Waals surface area (Å²) in [5.41, 5.74) is 0.325. The summed E-state index contributed by atoms with van der Waals surface area (Å²) in [6, 6.07) is 8.21. The van der Waals surface area contributed by atoms with Gasteiger partial charge < -0.3 is 19.7 Å². The van der Waals surface area contributed by atoms with Crippen LogP contribution in [-0.4, -0.2) is 41.7 Å². The molecule has 0 amide bonds. The molecule has 1 unspecified atom stereocenters. The number of carbonyl (C=O) groups excluding carboxylic acids is 2. The summed E-state index contributed by atoms with van der Waals surface area (Å²) in [7, 11) is 0. The van der Waals surface area contributed by atoms with E-state index in [1.807, 2.05) is 0 Å². The standard InChI is InChI=1S/C12H14O6/c13-7-10(6-11(15)17-8-14)18-12(16)9-4-2-1-3-5-9/h1-5,10,13-14H,6-8H2. The first kappa shape index (κ1) is 14.1. The Balaban J connectivity index is 2.53. The van der Waals surface area contributed by atoms with Crippen LogP contribution >= 0.6 is 0 Å². The van der Waals surface area contributed by atoms with Crippen LogP contribution in [0.2, 0.25) is 0 Å². The second kappa shape index (κ2) is 7.41. The molecule has 0 aliphatic carbocycles. The van der Waals surface area contributed by atoms with Crippen molar-refractivity contribution in [1.82, 2.24) is 0 Å². The van der Waals surface area contributed by atoms with Crippen LogP contribution in [-0.2, 0) is 14.3 Å². The van der Waals surface area contributed by atoms with Crippen molar-refractivity contribution in [2.24, 2.45) is 0 Å². The first-order valence-electron chi connectivity index (χ1n) is 5.30. The van der Waals surface area contributed by atoms with Crippen molar-refractivity contribution >= 4 is 11.9 Å². The first-order chi connectivity index (χ1) is 8.67. The van der Waals surface area contributed by atoms with E-state index < -0.39 is 31.4 Å². The Hall–Kier alpha value is -1.92. The number of hydrogen-bond acceptors (Lipinski definition) is 6. The third-order valence-electron chi connectivity index (χ3n) is 2.11. The summed E-state index contributed by atoms with van der Waals surface area (Å²) < 4.78 is 9.21. The number of carbonyl (C=O) groups is 2. The Morgan fingerprint density at radius 2 is 1.83 bits per heavy atom. The zero-order valence-corrected chi connectivity index (χ0v) is 9.61. The monoisotopic (exact) mass is 254 g/mol. The lowest BCUT2D eigenvalue weighted by Gasteiger charge is -2.14. The molecule has 0 radical (unpaired) electrons. The topological polar surface area (TPSA) is 93.1 Å². The van der Waals surface area contributed by atoms with Crippen LogP contribution in [0.1, 0.15) is 16.8 Å². The van der Waals surface area contributed by atoms with Gasteiger partial charge in [-0.25, -0.2) is 4.79 Å². The largest absolute Gasteiger partial charge is 0.456 e. The van der Waals surface area contributed by atoms with Crippen molar-refractivity contribution in [3.05, 3.63) is 35.9 Å². The lowest BCUT2D eigenvalue weighted by molar-refractivity contribution is -0.154. The average Bonchev–Trinajstić information content (AvgIpc) is 2.39. The number of aliphatic hydroxyl groups is 2. The van der Waals surface area contributed by atoms with E-state index in [0.29, 0.717) is 5.56 Å². The average molecular weight is 254 g/mol. The molecule has 0 saturated carbocycles. The molecular weight excluding hydrogens is 240 g/mol. The Labute approximate surface area is 104 Å². The molecule has 0 aliphatic heterocycles. The van der Waals surface area contributed by atoms with E-state index in [0.717, 1.165) is 0 Å². The Kier molecular flexibility index (Phi) is 5.83. The van der Waals surface area contributed by atoms with Crippen molar-refractivity contribution in [3.8, 4) is 0 Å². The number of esters is 2. The van der Waals surface area contributed by atoms with E-state index in [2.05, 4.69) is 4.74 Å². The van der Waals surface area contributed by atoms with E-state index in [1.54, 1.807) is 30.3 Å². The quantitative estimate of drug-likeness (QED) is 0.552. The molecule has 18 heavy (non-hydrogen) atoms. The second-order valence-corrected chi connectivity index (χ2v) is 3.43. The molecule has 6 heteroatoms. The highest BCUT2D eigenvalue weighted by Gasteiger charge is 2.19. The molecule has 0 bridgehead atoms. The number of benzene rings is 1. The van der Waals surface area contributed by atoms with Crippen LogP contribution in [0.25, 0.3) is 0 Å². The molecule has 98 valence electrons. The summed E-state index contributed by atoms with van der Waals surface area (Å²) in [6.07, 6.45) is -1.30. The van der Waals surface area contributed by atoms with E-state index in [-0.39, 0.29) is 6.42 Å². The van der Waals surface area contributed by atoms with Gasteiger partial charge in [-0.05, 0) is 12.1 Å². The highest BCUT2D eigenvalue weighted by Crippen LogP contribution is 2.06. The fourth-order valence-corrected chi connectivity index (χ4v) is 1.25. The van der Waals surface area contributed by atoms with Gasteiger partial charge in [0.15, 0.2) is 6.79 Å². The van der Waals surface area contributed by atoms with Gasteiger partial charge in [0.2, 0.25) is 0 Å². The maximum atomic E-state index is 11.6. The highest BCUT2D eigenvalue weighted by atomic mass is 16.6. The van der Waals surface area contributed by atoms with Gasteiger partial charge in [0.05, 0.1) is 18.6 Å². The number of hydrogen-bond donors (Lipinski definition) is 2. The van der Waals surface area contributed by atoms with Crippen LogP contribution in [0.4, 0.5) is 0 Å². The minimum absolute atomic E-state index is 0.310. The third-order valence-corrected chi connectivity index (χ3v) is 2.11. The molecule has 0 aromatic heterocycles. The maximum Gasteiger partial charge on any atom is 0.338 e. The highest BCUT2D eigenvalue weighted by molar-refractivity contribution is 5.89. The van der Waals surface area contributed by atoms with Crippen molar-refractivity contribution in [3.63, 3.8) is 0 Å². The zero-order chi connectivity index (χ0) is 13.4. The fraction of sp³-hybridized carbons (Fsp3) is 0.333. The molecule has 6 nitrogen and oxygen atoms in total. The summed E-state index contributed by atoms with van der Waals surface area (Å²) in [4.78, 5) is 22.7. The number of rotatable bonds is 6. The van der Waals surface area contributed by atoms with Crippen molar-refractivity contribution in [2.75, 3.05) is 13.4 Å². The maximum absolute atomic E-state index is 11.6. The zero-order valence-electron chi connectivity index (χ0n) is 9.61. The first-order valence-corrected chi connectivity index (χ1v) is 5.30. The molecule has 0 saturated heterocycles. The Morgan fingerprint density at radius 1 is 1.17 bits per heavy atom. The minimum atomic E-state index is -0.989. The van der Waals surface area contributed by atoms with E-state index in [1.165, 1.54) is 0 Å².